The highest BCUT2D eigenvalue weighted by molar-refractivity contribution is 5.88. The highest BCUT2D eigenvalue weighted by atomic mass is 19.3. The van der Waals surface area contributed by atoms with E-state index in [0.29, 0.717) is 84.2 Å². The van der Waals surface area contributed by atoms with Gasteiger partial charge in [0.1, 0.15) is 12.6 Å². The number of alkyl halides is 2. The zero-order valence-corrected chi connectivity index (χ0v) is 28.1. The summed E-state index contributed by atoms with van der Waals surface area (Å²) in [5, 5.41) is 11.6. The zero-order chi connectivity index (χ0) is 33.6. The molecule has 4 N–H and O–H groups in total. The zero-order valence-electron chi connectivity index (χ0n) is 28.1. The second-order valence-electron chi connectivity index (χ2n) is 14.4. The van der Waals surface area contributed by atoms with Crippen LogP contribution >= 0.6 is 0 Å². The van der Waals surface area contributed by atoms with Gasteiger partial charge in [-0.05, 0) is 68.7 Å². The number of fused-ring (bicyclic) bond motifs is 1. The van der Waals surface area contributed by atoms with Gasteiger partial charge < -0.3 is 35.6 Å². The van der Waals surface area contributed by atoms with E-state index in [0.717, 1.165) is 13.0 Å². The van der Waals surface area contributed by atoms with Gasteiger partial charge in [0.15, 0.2) is 0 Å². The first-order valence-corrected chi connectivity index (χ1v) is 17.2. The summed E-state index contributed by atoms with van der Waals surface area (Å²) in [6.07, 6.45) is 4.66. The van der Waals surface area contributed by atoms with Gasteiger partial charge in [-0.3, -0.25) is 19.2 Å². The fourth-order valence-corrected chi connectivity index (χ4v) is 6.64. The number of rotatable bonds is 7. The Morgan fingerprint density at radius 1 is 0.935 bits per heavy atom. The van der Waals surface area contributed by atoms with E-state index < -0.39 is 17.9 Å². The molecule has 2 aliphatic heterocycles. The normalized spacial score (nSPS) is 27.2. The van der Waals surface area contributed by atoms with Crippen molar-refractivity contribution in [3.05, 3.63) is 0 Å². The summed E-state index contributed by atoms with van der Waals surface area (Å²) < 4.78 is 38.6. The monoisotopic (exact) mass is 657 g/mol. The van der Waals surface area contributed by atoms with Crippen LogP contribution in [0.25, 0.3) is 0 Å². The van der Waals surface area contributed by atoms with Gasteiger partial charge in [0.05, 0.1) is 19.8 Å². The summed E-state index contributed by atoms with van der Waals surface area (Å²) in [4.78, 5) is 53.2. The largest absolute Gasteiger partial charge is 0.377 e. The van der Waals surface area contributed by atoms with Crippen LogP contribution < -0.4 is 21.3 Å². The second kappa shape index (κ2) is 18.8. The maximum atomic E-state index is 13.8. The summed E-state index contributed by atoms with van der Waals surface area (Å²) in [7, 11) is 0. The Balaban J connectivity index is 1.59. The number of carbonyl (C=O) groups is 4. The Bertz CT molecular complexity index is 984. The molecule has 2 heterocycles. The van der Waals surface area contributed by atoms with Crippen molar-refractivity contribution in [2.24, 2.45) is 17.3 Å². The van der Waals surface area contributed by atoms with Crippen molar-refractivity contribution >= 4 is 23.6 Å². The lowest BCUT2D eigenvalue weighted by Gasteiger charge is -2.44. The maximum Gasteiger partial charge on any atom is 0.248 e. The number of ether oxygens (including phenoxy) is 2. The Hall–Kier alpha value is -2.38. The Kier molecular flexibility index (Phi) is 15.6. The summed E-state index contributed by atoms with van der Waals surface area (Å²) in [5.41, 5.74) is -0.0993. The fourth-order valence-electron chi connectivity index (χ4n) is 6.64. The molecular formula is C33H57F2N5O6. The number of carbonyl (C=O) groups excluding carboxylic acids is 4. The lowest BCUT2D eigenvalue weighted by atomic mass is 9.79. The van der Waals surface area contributed by atoms with Crippen molar-refractivity contribution in [2.45, 2.75) is 109 Å². The van der Waals surface area contributed by atoms with Crippen molar-refractivity contribution in [1.29, 1.82) is 0 Å². The molecule has 13 heteroatoms. The number of nitrogens with one attached hydrogen (secondary N) is 4. The van der Waals surface area contributed by atoms with Gasteiger partial charge in [-0.25, -0.2) is 8.78 Å². The molecular weight excluding hydrogens is 600 g/mol. The molecule has 3 atom stereocenters. The van der Waals surface area contributed by atoms with Gasteiger partial charge in [-0.1, -0.05) is 20.8 Å². The Morgan fingerprint density at radius 3 is 2.41 bits per heavy atom. The molecule has 2 saturated heterocycles. The number of unbranched alkanes of at least 4 members (excludes halogenated alkanes) is 1. The lowest BCUT2D eigenvalue weighted by Crippen LogP contribution is -2.50. The van der Waals surface area contributed by atoms with Crippen LogP contribution in [0, 0.1) is 17.3 Å². The van der Waals surface area contributed by atoms with Crippen LogP contribution in [0.5, 0.6) is 0 Å². The lowest BCUT2D eigenvalue weighted by molar-refractivity contribution is -0.132. The van der Waals surface area contributed by atoms with Crippen LogP contribution in [-0.2, 0) is 28.7 Å². The third-order valence-electron chi connectivity index (χ3n) is 9.15. The number of likely N-dealkylation sites (tertiary alicyclic amines) is 1. The summed E-state index contributed by atoms with van der Waals surface area (Å²) in [5.74, 6) is -3.11. The molecule has 3 rings (SSSR count). The standard InChI is InChI=1S/C33H57F2N5O6/c1-32(2,3)21-29(42)36-13-5-4-6-27-31(44)38-14-9-25-22-40(26-7-11-33(34,35)12-8-26)16-10-24(25)20-28(41)37-15-17-45-18-19-46-23-30(43)39-27/h24-27H,4-23H2,1-3H3,(H,36,42)(H,37,41)(H,38,44)(H,39,43)/t24-,25-,27-/m0/s1. The first-order chi connectivity index (χ1) is 21.8. The first-order valence-electron chi connectivity index (χ1n) is 17.2. The van der Waals surface area contributed by atoms with E-state index in [1.807, 2.05) is 20.8 Å². The van der Waals surface area contributed by atoms with Crippen molar-refractivity contribution < 1.29 is 37.4 Å². The molecule has 3 fully saturated rings. The van der Waals surface area contributed by atoms with Gasteiger partial charge in [-0.15, -0.1) is 0 Å². The maximum absolute atomic E-state index is 13.8. The van der Waals surface area contributed by atoms with Crippen LogP contribution in [0.3, 0.4) is 0 Å². The smallest absolute Gasteiger partial charge is 0.248 e. The van der Waals surface area contributed by atoms with E-state index in [-0.39, 0.29) is 73.7 Å². The van der Waals surface area contributed by atoms with Crippen molar-refractivity contribution in [3.63, 3.8) is 0 Å². The molecule has 46 heavy (non-hydrogen) atoms. The topological polar surface area (TPSA) is 138 Å². The number of hydrogen-bond donors (Lipinski definition) is 4. The van der Waals surface area contributed by atoms with Crippen molar-refractivity contribution in [1.82, 2.24) is 26.2 Å². The van der Waals surface area contributed by atoms with Gasteiger partial charge in [0, 0.05) is 57.9 Å². The highest BCUT2D eigenvalue weighted by Gasteiger charge is 2.40. The van der Waals surface area contributed by atoms with Crippen molar-refractivity contribution in [3.8, 4) is 0 Å². The van der Waals surface area contributed by atoms with E-state index in [1.165, 1.54) is 0 Å². The van der Waals surface area contributed by atoms with Gasteiger partial charge in [0.25, 0.3) is 0 Å². The van der Waals surface area contributed by atoms with Crippen LogP contribution in [0.4, 0.5) is 8.78 Å². The molecule has 1 aliphatic carbocycles. The predicted molar refractivity (Wildman–Crippen MR) is 170 cm³/mol. The molecule has 0 aromatic carbocycles. The van der Waals surface area contributed by atoms with E-state index >= 15 is 0 Å². The quantitative estimate of drug-likeness (QED) is 0.309. The number of amides is 4. The van der Waals surface area contributed by atoms with Crippen LogP contribution in [0.15, 0.2) is 0 Å². The van der Waals surface area contributed by atoms with Crippen molar-refractivity contribution in [2.75, 3.05) is 59.2 Å². The summed E-state index contributed by atoms with van der Waals surface area (Å²) in [6.45, 7) is 9.31. The average Bonchev–Trinajstić information content (AvgIpc) is 2.97. The molecule has 0 aromatic rings. The highest BCUT2D eigenvalue weighted by Crippen LogP contribution is 2.38. The predicted octanol–water partition coefficient (Wildman–Crippen LogP) is 2.77. The summed E-state index contributed by atoms with van der Waals surface area (Å²) in [6, 6.07) is -0.647. The van der Waals surface area contributed by atoms with Crippen LogP contribution in [-0.4, -0.2) is 106 Å². The SMILES string of the molecule is CC(C)(C)CC(=O)NCCCC[C@@H]1NC(=O)COCCOCCNC(=O)C[C@@H]2CCN(C3CCC(F)(F)CC3)C[C@@H]2CCNC1=O. The molecule has 11 nitrogen and oxygen atoms in total. The average molecular weight is 658 g/mol. The second-order valence-corrected chi connectivity index (χ2v) is 14.4. The molecule has 4 amide bonds. The number of piperidine rings is 1. The first kappa shape index (κ1) is 38.1. The molecule has 0 aromatic heterocycles. The third-order valence-corrected chi connectivity index (χ3v) is 9.15. The number of halogens is 2. The Labute approximate surface area is 273 Å². The van der Waals surface area contributed by atoms with Crippen LogP contribution in [0.2, 0.25) is 0 Å². The van der Waals surface area contributed by atoms with E-state index in [4.69, 9.17) is 9.47 Å². The molecule has 264 valence electrons. The minimum absolute atomic E-state index is 0.00919. The van der Waals surface area contributed by atoms with E-state index in [9.17, 15) is 28.0 Å². The molecule has 0 unspecified atom stereocenters. The van der Waals surface area contributed by atoms with E-state index in [1.54, 1.807) is 0 Å². The fraction of sp³-hybridized carbons (Fsp3) is 0.879. The number of nitrogens with zero attached hydrogens (tertiary/aromatic N) is 1. The Morgan fingerprint density at radius 2 is 1.67 bits per heavy atom. The number of hydrogen-bond acceptors (Lipinski definition) is 7. The third kappa shape index (κ3) is 14.6. The molecule has 0 spiro atoms. The van der Waals surface area contributed by atoms with Gasteiger partial charge >= 0.3 is 0 Å². The molecule has 1 saturated carbocycles. The van der Waals surface area contributed by atoms with Gasteiger partial charge in [-0.2, -0.15) is 0 Å². The minimum atomic E-state index is -2.59. The van der Waals surface area contributed by atoms with Crippen LogP contribution in [0.1, 0.15) is 91.4 Å². The minimum Gasteiger partial charge on any atom is -0.377 e. The molecule has 0 radical (unpaired) electrons. The molecule has 0 bridgehead atoms. The van der Waals surface area contributed by atoms with Gasteiger partial charge in [0.2, 0.25) is 29.6 Å². The van der Waals surface area contributed by atoms with E-state index in [2.05, 4.69) is 26.2 Å². The summed E-state index contributed by atoms with van der Waals surface area (Å²) >= 11 is 0. The molecule has 3 aliphatic rings.